The summed E-state index contributed by atoms with van der Waals surface area (Å²) in [5, 5.41) is 3.51. The van der Waals surface area contributed by atoms with Gasteiger partial charge in [-0.05, 0) is 44.6 Å². The summed E-state index contributed by atoms with van der Waals surface area (Å²) in [6.45, 7) is 4.79. The van der Waals surface area contributed by atoms with E-state index in [9.17, 15) is 8.42 Å². The standard InChI is InChI=1S/C15H27N3O2S/c1-3-9-17(10-4-2)21(19,20)18-11-5-6-14(13-18)12-16-15-7-8-15/h1,14-16H,4-13H2,2H3. The Balaban J connectivity index is 1.94. The molecule has 0 spiro atoms. The lowest BCUT2D eigenvalue weighted by molar-refractivity contribution is 0.244. The average Bonchev–Trinajstić information content (AvgIpc) is 3.29. The number of hydrogen-bond acceptors (Lipinski definition) is 3. The maximum absolute atomic E-state index is 12.7. The molecule has 1 aliphatic heterocycles. The summed E-state index contributed by atoms with van der Waals surface area (Å²) in [6.07, 6.45) is 10.7. The van der Waals surface area contributed by atoms with Crippen molar-refractivity contribution < 1.29 is 8.42 Å². The molecule has 1 atom stereocenters. The van der Waals surface area contributed by atoms with Gasteiger partial charge >= 0.3 is 0 Å². The molecule has 1 aliphatic carbocycles. The summed E-state index contributed by atoms with van der Waals surface area (Å²) < 4.78 is 28.5. The van der Waals surface area contributed by atoms with E-state index < -0.39 is 10.2 Å². The highest BCUT2D eigenvalue weighted by atomic mass is 32.2. The minimum absolute atomic E-state index is 0.164. The number of rotatable bonds is 8. The number of terminal acetylenes is 1. The van der Waals surface area contributed by atoms with E-state index in [1.54, 1.807) is 4.31 Å². The monoisotopic (exact) mass is 313 g/mol. The molecule has 0 bridgehead atoms. The maximum Gasteiger partial charge on any atom is 0.282 e. The van der Waals surface area contributed by atoms with Gasteiger partial charge in [-0.2, -0.15) is 17.0 Å². The van der Waals surface area contributed by atoms with Gasteiger partial charge in [-0.25, -0.2) is 0 Å². The van der Waals surface area contributed by atoms with E-state index in [1.165, 1.54) is 17.1 Å². The summed E-state index contributed by atoms with van der Waals surface area (Å²) in [7, 11) is -3.41. The van der Waals surface area contributed by atoms with Crippen LogP contribution in [0.25, 0.3) is 0 Å². The first-order valence-corrected chi connectivity index (χ1v) is 9.39. The number of hydrogen-bond donors (Lipinski definition) is 1. The predicted octanol–water partition coefficient (Wildman–Crippen LogP) is 1.04. The summed E-state index contributed by atoms with van der Waals surface area (Å²) in [6, 6.07) is 0.676. The van der Waals surface area contributed by atoms with E-state index in [0.717, 1.165) is 25.8 Å². The molecule has 21 heavy (non-hydrogen) atoms. The smallest absolute Gasteiger partial charge is 0.282 e. The molecule has 2 rings (SSSR count). The molecular weight excluding hydrogens is 286 g/mol. The minimum Gasteiger partial charge on any atom is -0.314 e. The van der Waals surface area contributed by atoms with Gasteiger partial charge in [0.15, 0.2) is 0 Å². The van der Waals surface area contributed by atoms with Crippen molar-refractivity contribution in [2.75, 3.05) is 32.7 Å². The highest BCUT2D eigenvalue weighted by Gasteiger charge is 2.33. The van der Waals surface area contributed by atoms with Crippen molar-refractivity contribution in [3.63, 3.8) is 0 Å². The highest BCUT2D eigenvalue weighted by Crippen LogP contribution is 2.23. The lowest BCUT2D eigenvalue weighted by Gasteiger charge is -2.35. The van der Waals surface area contributed by atoms with Crippen LogP contribution in [0.4, 0.5) is 0 Å². The normalized spacial score (nSPS) is 24.1. The second kappa shape index (κ2) is 7.59. The SMILES string of the molecule is C#CCN(CCC)S(=O)(=O)N1CCCC(CNC2CC2)C1. The largest absolute Gasteiger partial charge is 0.314 e. The van der Waals surface area contributed by atoms with E-state index in [0.29, 0.717) is 31.6 Å². The van der Waals surface area contributed by atoms with Gasteiger partial charge < -0.3 is 5.32 Å². The Labute approximate surface area is 129 Å². The van der Waals surface area contributed by atoms with Crippen molar-refractivity contribution in [1.29, 1.82) is 0 Å². The molecule has 0 aromatic carbocycles. The van der Waals surface area contributed by atoms with Gasteiger partial charge in [0.05, 0.1) is 6.54 Å². The molecule has 1 N–H and O–H groups in total. The summed E-state index contributed by atoms with van der Waals surface area (Å²) >= 11 is 0. The molecular formula is C15H27N3O2S. The summed E-state index contributed by atoms with van der Waals surface area (Å²) in [4.78, 5) is 0. The topological polar surface area (TPSA) is 52.7 Å². The van der Waals surface area contributed by atoms with Crippen molar-refractivity contribution in [3.05, 3.63) is 0 Å². The molecule has 1 heterocycles. The second-order valence-electron chi connectivity index (χ2n) is 6.09. The Morgan fingerprint density at radius 2 is 2.14 bits per heavy atom. The third-order valence-corrected chi connectivity index (χ3v) is 6.10. The Bertz CT molecular complexity index is 468. The lowest BCUT2D eigenvalue weighted by atomic mass is 10.00. The lowest BCUT2D eigenvalue weighted by Crippen LogP contribution is -2.49. The molecule has 0 aromatic rings. The molecule has 6 heteroatoms. The van der Waals surface area contributed by atoms with E-state index in [1.807, 2.05) is 6.92 Å². The van der Waals surface area contributed by atoms with Gasteiger partial charge in [0.2, 0.25) is 0 Å². The molecule has 2 aliphatic rings. The number of piperidine rings is 1. The zero-order chi connectivity index (χ0) is 15.3. The second-order valence-corrected chi connectivity index (χ2v) is 8.02. The molecule has 1 saturated heterocycles. The Morgan fingerprint density at radius 3 is 2.76 bits per heavy atom. The van der Waals surface area contributed by atoms with E-state index >= 15 is 0 Å². The fourth-order valence-electron chi connectivity index (χ4n) is 2.81. The fourth-order valence-corrected chi connectivity index (χ4v) is 4.55. The van der Waals surface area contributed by atoms with Crippen LogP contribution >= 0.6 is 0 Å². The molecule has 0 radical (unpaired) electrons. The first-order valence-electron chi connectivity index (χ1n) is 8.00. The van der Waals surface area contributed by atoms with Crippen molar-refractivity contribution in [2.45, 2.75) is 45.1 Å². The molecule has 1 saturated carbocycles. The van der Waals surface area contributed by atoms with E-state index in [2.05, 4.69) is 11.2 Å². The third-order valence-electron chi connectivity index (χ3n) is 4.15. The molecule has 1 unspecified atom stereocenters. The number of nitrogens with zero attached hydrogens (tertiary/aromatic N) is 2. The van der Waals surface area contributed by atoms with Gasteiger partial charge in [0, 0.05) is 25.7 Å². The quantitative estimate of drug-likeness (QED) is 0.681. The predicted molar refractivity (Wildman–Crippen MR) is 84.9 cm³/mol. The van der Waals surface area contributed by atoms with Crippen LogP contribution < -0.4 is 5.32 Å². The van der Waals surface area contributed by atoms with Crippen LogP contribution in [0.15, 0.2) is 0 Å². The first kappa shape index (κ1) is 16.8. The molecule has 0 aromatic heterocycles. The Hall–Kier alpha value is -0.610. The average molecular weight is 313 g/mol. The Morgan fingerprint density at radius 1 is 1.38 bits per heavy atom. The number of nitrogens with one attached hydrogen (secondary N) is 1. The maximum atomic E-state index is 12.7. The highest BCUT2D eigenvalue weighted by molar-refractivity contribution is 7.86. The van der Waals surface area contributed by atoms with Crippen LogP contribution in [-0.2, 0) is 10.2 Å². The van der Waals surface area contributed by atoms with Gasteiger partial charge in [-0.1, -0.05) is 12.8 Å². The first-order chi connectivity index (χ1) is 10.1. The van der Waals surface area contributed by atoms with Gasteiger partial charge in [-0.15, -0.1) is 6.42 Å². The zero-order valence-corrected chi connectivity index (χ0v) is 13.7. The van der Waals surface area contributed by atoms with Crippen LogP contribution in [0, 0.1) is 18.3 Å². The van der Waals surface area contributed by atoms with Crippen LogP contribution in [-0.4, -0.2) is 55.8 Å². The van der Waals surface area contributed by atoms with Crippen molar-refractivity contribution in [1.82, 2.24) is 13.9 Å². The summed E-state index contributed by atoms with van der Waals surface area (Å²) in [5.74, 6) is 2.88. The molecule has 0 amide bonds. The van der Waals surface area contributed by atoms with Gasteiger partial charge in [0.25, 0.3) is 10.2 Å². The van der Waals surface area contributed by atoms with Crippen LogP contribution in [0.1, 0.15) is 39.0 Å². The molecule has 5 nitrogen and oxygen atoms in total. The fraction of sp³-hybridized carbons (Fsp3) is 0.867. The zero-order valence-electron chi connectivity index (χ0n) is 12.9. The molecule has 2 fully saturated rings. The van der Waals surface area contributed by atoms with Crippen LogP contribution in [0.5, 0.6) is 0 Å². The third kappa shape index (κ3) is 4.68. The van der Waals surface area contributed by atoms with Crippen molar-refractivity contribution in [3.8, 4) is 12.3 Å². The molecule has 120 valence electrons. The van der Waals surface area contributed by atoms with E-state index in [4.69, 9.17) is 6.42 Å². The summed E-state index contributed by atoms with van der Waals surface area (Å²) in [5.41, 5.74) is 0. The van der Waals surface area contributed by atoms with Crippen molar-refractivity contribution in [2.24, 2.45) is 5.92 Å². The van der Waals surface area contributed by atoms with Gasteiger partial charge in [0.1, 0.15) is 0 Å². The Kier molecular flexibility index (Phi) is 6.06. The van der Waals surface area contributed by atoms with Crippen LogP contribution in [0.2, 0.25) is 0 Å². The van der Waals surface area contributed by atoms with E-state index in [-0.39, 0.29) is 6.54 Å². The van der Waals surface area contributed by atoms with Crippen LogP contribution in [0.3, 0.4) is 0 Å². The van der Waals surface area contributed by atoms with Crippen molar-refractivity contribution >= 4 is 10.2 Å². The minimum atomic E-state index is -3.41. The van der Waals surface area contributed by atoms with Gasteiger partial charge in [-0.3, -0.25) is 0 Å².